The smallest absolute Gasteiger partial charge is 0.0734 e. The van der Waals surface area contributed by atoms with Gasteiger partial charge >= 0.3 is 0 Å². The van der Waals surface area contributed by atoms with Crippen LogP contribution in [0.2, 0.25) is 0 Å². The number of fused-ring (bicyclic) bond motifs is 1. The van der Waals surface area contributed by atoms with Gasteiger partial charge in [-0.2, -0.15) is 0 Å². The highest BCUT2D eigenvalue weighted by Crippen LogP contribution is 2.34. The number of hydrogen-bond acceptors (Lipinski definition) is 3. The van der Waals surface area contributed by atoms with Crippen molar-refractivity contribution in [3.8, 4) is 0 Å². The summed E-state index contributed by atoms with van der Waals surface area (Å²) >= 11 is 5.40. The third kappa shape index (κ3) is 2.40. The molecule has 0 fully saturated rings. The number of halogens is 1. The van der Waals surface area contributed by atoms with Crippen LogP contribution in [0.5, 0.6) is 0 Å². The molecule has 0 amide bonds. The van der Waals surface area contributed by atoms with E-state index in [-0.39, 0.29) is 6.04 Å². The Balaban J connectivity index is 2.16. The van der Waals surface area contributed by atoms with Crippen LogP contribution in [0, 0.1) is 6.92 Å². The second-order valence-corrected chi connectivity index (χ2v) is 6.58. The first kappa shape index (κ1) is 13.8. The first-order valence-electron chi connectivity index (χ1n) is 6.39. The second-order valence-electron chi connectivity index (χ2n) is 4.81. The van der Waals surface area contributed by atoms with E-state index in [0.717, 1.165) is 10.0 Å². The van der Waals surface area contributed by atoms with Crippen molar-refractivity contribution in [3.63, 3.8) is 0 Å². The van der Waals surface area contributed by atoms with Gasteiger partial charge in [0.1, 0.15) is 0 Å². The molecule has 0 saturated heterocycles. The number of aryl methyl sites for hydroxylation is 1. The molecule has 3 aromatic rings. The lowest BCUT2D eigenvalue weighted by atomic mass is 9.97. The number of hydrazine groups is 1. The summed E-state index contributed by atoms with van der Waals surface area (Å²) in [5.41, 5.74) is 6.55. The molecule has 0 radical (unpaired) electrons. The van der Waals surface area contributed by atoms with Crippen LogP contribution in [0.15, 0.2) is 52.3 Å². The number of nitrogens with one attached hydrogen (secondary N) is 1. The number of hydrogen-bond donors (Lipinski definition) is 2. The lowest BCUT2D eigenvalue weighted by Gasteiger charge is -2.19. The first-order chi connectivity index (χ1) is 9.70. The van der Waals surface area contributed by atoms with Crippen molar-refractivity contribution in [2.45, 2.75) is 13.0 Å². The Morgan fingerprint density at radius 2 is 2.00 bits per heavy atom. The van der Waals surface area contributed by atoms with Crippen LogP contribution < -0.4 is 11.3 Å². The topological polar surface area (TPSA) is 38.0 Å². The van der Waals surface area contributed by atoms with Crippen molar-refractivity contribution in [2.75, 3.05) is 0 Å². The van der Waals surface area contributed by atoms with Gasteiger partial charge in [0, 0.05) is 9.17 Å². The van der Waals surface area contributed by atoms with Crippen molar-refractivity contribution in [3.05, 3.63) is 69.0 Å². The molecular formula is C16H15BrN2S. The predicted octanol–water partition coefficient (Wildman–Crippen LogP) is 4.52. The van der Waals surface area contributed by atoms with Crippen LogP contribution in [0.4, 0.5) is 0 Å². The molecule has 0 saturated carbocycles. The molecule has 3 N–H and O–H groups in total. The van der Waals surface area contributed by atoms with Crippen molar-refractivity contribution in [1.82, 2.24) is 5.43 Å². The summed E-state index contributed by atoms with van der Waals surface area (Å²) in [5, 5.41) is 3.38. The molecule has 4 heteroatoms. The molecule has 20 heavy (non-hydrogen) atoms. The zero-order valence-corrected chi connectivity index (χ0v) is 13.5. The quantitative estimate of drug-likeness (QED) is 0.540. The average molecular weight is 347 g/mol. The first-order valence-corrected chi connectivity index (χ1v) is 8.06. The Hall–Kier alpha value is -1.20. The van der Waals surface area contributed by atoms with Gasteiger partial charge in [-0.05, 0) is 46.5 Å². The maximum absolute atomic E-state index is 5.84. The molecule has 0 aliphatic rings. The van der Waals surface area contributed by atoms with Crippen LogP contribution in [0.1, 0.15) is 22.7 Å². The summed E-state index contributed by atoms with van der Waals surface area (Å²) in [6, 6.07) is 14.8. The molecular weight excluding hydrogens is 332 g/mol. The van der Waals surface area contributed by atoms with E-state index in [1.165, 1.54) is 21.2 Å². The molecule has 0 bridgehead atoms. The fourth-order valence-corrected chi connectivity index (χ4v) is 4.12. The third-order valence-electron chi connectivity index (χ3n) is 3.45. The van der Waals surface area contributed by atoms with E-state index in [4.69, 9.17) is 5.84 Å². The van der Waals surface area contributed by atoms with Gasteiger partial charge in [-0.25, -0.2) is 5.43 Å². The lowest BCUT2D eigenvalue weighted by Crippen LogP contribution is -2.29. The highest BCUT2D eigenvalue weighted by Gasteiger charge is 2.18. The molecule has 0 spiro atoms. The van der Waals surface area contributed by atoms with Crippen molar-refractivity contribution >= 4 is 37.4 Å². The Labute approximate surface area is 130 Å². The minimum absolute atomic E-state index is 0.0210. The summed E-state index contributed by atoms with van der Waals surface area (Å²) in [7, 11) is 0. The number of thiophene rings is 1. The highest BCUT2D eigenvalue weighted by atomic mass is 79.9. The van der Waals surface area contributed by atoms with Crippen LogP contribution in [-0.2, 0) is 0 Å². The Morgan fingerprint density at radius 1 is 1.15 bits per heavy atom. The molecule has 3 rings (SSSR count). The van der Waals surface area contributed by atoms with Gasteiger partial charge in [0.15, 0.2) is 0 Å². The molecule has 1 heterocycles. The van der Waals surface area contributed by atoms with Gasteiger partial charge in [-0.1, -0.05) is 46.3 Å². The summed E-state index contributed by atoms with van der Waals surface area (Å²) in [4.78, 5) is 0. The van der Waals surface area contributed by atoms with Crippen molar-refractivity contribution in [2.24, 2.45) is 5.84 Å². The van der Waals surface area contributed by atoms with Gasteiger partial charge in [0.2, 0.25) is 0 Å². The zero-order chi connectivity index (χ0) is 14.1. The van der Waals surface area contributed by atoms with Gasteiger partial charge in [0.05, 0.1) is 6.04 Å². The van der Waals surface area contributed by atoms with E-state index >= 15 is 0 Å². The summed E-state index contributed by atoms with van der Waals surface area (Å²) < 4.78 is 2.36. The Kier molecular flexibility index (Phi) is 3.89. The fraction of sp³-hybridized carbons (Fsp3) is 0.125. The van der Waals surface area contributed by atoms with E-state index in [1.807, 2.05) is 0 Å². The minimum Gasteiger partial charge on any atom is -0.271 e. The largest absolute Gasteiger partial charge is 0.271 e. The van der Waals surface area contributed by atoms with Gasteiger partial charge in [-0.3, -0.25) is 5.84 Å². The Morgan fingerprint density at radius 3 is 2.75 bits per heavy atom. The molecule has 1 aromatic heterocycles. The summed E-state index contributed by atoms with van der Waals surface area (Å²) in [6.07, 6.45) is 0. The molecule has 1 atom stereocenters. The number of rotatable bonds is 3. The van der Waals surface area contributed by atoms with E-state index in [9.17, 15) is 0 Å². The fourth-order valence-electron chi connectivity index (χ4n) is 2.46. The van der Waals surface area contributed by atoms with Gasteiger partial charge in [-0.15, -0.1) is 11.3 Å². The predicted molar refractivity (Wildman–Crippen MR) is 89.9 cm³/mol. The molecule has 1 unspecified atom stereocenters. The third-order valence-corrected chi connectivity index (χ3v) is 5.12. The van der Waals surface area contributed by atoms with Crippen LogP contribution in [0.3, 0.4) is 0 Å². The van der Waals surface area contributed by atoms with E-state index in [0.29, 0.717) is 0 Å². The normalized spacial score (nSPS) is 12.8. The highest BCUT2D eigenvalue weighted by molar-refractivity contribution is 9.10. The van der Waals surface area contributed by atoms with Crippen molar-refractivity contribution in [1.29, 1.82) is 0 Å². The molecule has 0 aliphatic carbocycles. The van der Waals surface area contributed by atoms with Crippen LogP contribution in [-0.4, -0.2) is 0 Å². The van der Waals surface area contributed by atoms with E-state index in [1.54, 1.807) is 11.3 Å². The lowest BCUT2D eigenvalue weighted by molar-refractivity contribution is 0.639. The number of benzene rings is 2. The van der Waals surface area contributed by atoms with E-state index < -0.39 is 0 Å². The molecule has 2 aromatic carbocycles. The average Bonchev–Trinajstić information content (AvgIpc) is 2.91. The molecule has 2 nitrogen and oxygen atoms in total. The van der Waals surface area contributed by atoms with Crippen LogP contribution in [0.25, 0.3) is 10.1 Å². The summed E-state index contributed by atoms with van der Waals surface area (Å²) in [5.74, 6) is 5.84. The minimum atomic E-state index is -0.0210. The van der Waals surface area contributed by atoms with Crippen LogP contribution >= 0.6 is 27.3 Å². The Bertz CT molecular complexity index is 751. The molecule has 102 valence electrons. The maximum atomic E-state index is 5.84. The van der Waals surface area contributed by atoms with Crippen molar-refractivity contribution < 1.29 is 0 Å². The monoisotopic (exact) mass is 346 g/mol. The zero-order valence-electron chi connectivity index (χ0n) is 11.1. The maximum Gasteiger partial charge on any atom is 0.0734 e. The standard InChI is InChI=1S/C16H15BrN2S/c1-10-5-6-12(14(17)9-10)15(19-18)13-4-2-3-11-7-8-20-16(11)13/h2-9,15,19H,18H2,1H3. The van der Waals surface area contributed by atoms with Gasteiger partial charge < -0.3 is 0 Å². The molecule has 0 aliphatic heterocycles. The van der Waals surface area contributed by atoms with Gasteiger partial charge in [0.25, 0.3) is 0 Å². The number of nitrogens with two attached hydrogens (primary N) is 1. The second kappa shape index (κ2) is 5.66. The summed E-state index contributed by atoms with van der Waals surface area (Å²) in [6.45, 7) is 2.08. The van der Waals surface area contributed by atoms with E-state index in [2.05, 4.69) is 76.1 Å². The SMILES string of the molecule is Cc1ccc(C(NN)c2cccc3ccsc23)c(Br)c1.